The Bertz CT molecular complexity index is 1120. The zero-order chi connectivity index (χ0) is 26.0. The minimum Gasteiger partial charge on any atom is -0.394 e. The molecule has 37 heavy (non-hydrogen) atoms. The monoisotopic (exact) mass is 520 g/mol. The molecule has 3 atom stereocenters. The molecule has 3 unspecified atom stereocenters. The van der Waals surface area contributed by atoms with E-state index in [2.05, 4.69) is 29.6 Å². The Morgan fingerprint density at radius 2 is 1.81 bits per heavy atom. The van der Waals surface area contributed by atoms with Crippen molar-refractivity contribution >= 4 is 23.2 Å². The van der Waals surface area contributed by atoms with Gasteiger partial charge in [-0.25, -0.2) is 0 Å². The largest absolute Gasteiger partial charge is 0.394 e. The molecule has 196 valence electrons. The highest BCUT2D eigenvalue weighted by atomic mass is 32.1. The Kier molecular flexibility index (Phi) is 9.88. The molecular formula is C30H36N2O4S. The van der Waals surface area contributed by atoms with Crippen LogP contribution >= 0.6 is 11.3 Å². The number of thiophene rings is 1. The molecular weight excluding hydrogens is 484 g/mol. The number of benzene rings is 2. The number of nitrogens with zero attached hydrogens (tertiary/aromatic N) is 1. The average Bonchev–Trinajstić information content (AvgIpc) is 3.49. The fourth-order valence-electron chi connectivity index (χ4n) is 5.14. The molecule has 2 aromatic carbocycles. The summed E-state index contributed by atoms with van der Waals surface area (Å²) < 4.78 is 5.23. The molecule has 0 bridgehead atoms. The van der Waals surface area contributed by atoms with Crippen molar-refractivity contribution in [3.05, 3.63) is 93.7 Å². The molecule has 0 aliphatic heterocycles. The zero-order valence-electron chi connectivity index (χ0n) is 21.3. The number of hydrogen-bond acceptors (Lipinski definition) is 5. The number of rotatable bonds is 11. The van der Waals surface area contributed by atoms with E-state index in [0.29, 0.717) is 19.7 Å². The van der Waals surface area contributed by atoms with Crippen LogP contribution in [-0.2, 0) is 16.1 Å². The number of nitrogens with one attached hydrogen (secondary N) is 1. The fourth-order valence-corrected chi connectivity index (χ4v) is 5.83. The van der Waals surface area contributed by atoms with Crippen molar-refractivity contribution in [1.82, 2.24) is 10.2 Å². The van der Waals surface area contributed by atoms with Gasteiger partial charge < -0.3 is 20.1 Å². The van der Waals surface area contributed by atoms with E-state index in [0.717, 1.165) is 47.3 Å². The predicted molar refractivity (Wildman–Crippen MR) is 146 cm³/mol. The standard InChI is InChI=1S/C30H36N2O4S/c1-36-18-17-32(30(35)28-12-7-19-37-28)20-22-13-15-23(16-14-22)25-10-5-6-11-26(25)29(34)31-27(21-33)24-8-3-2-4-9-24/h2-4,7-9,12-16,19,25-27,33H,5-6,10-11,17-18,20-21H2,1H3,(H,31,34). The third-order valence-electron chi connectivity index (χ3n) is 7.17. The van der Waals surface area contributed by atoms with E-state index in [1.165, 1.54) is 11.3 Å². The molecule has 3 aromatic rings. The van der Waals surface area contributed by atoms with Crippen molar-refractivity contribution in [3.63, 3.8) is 0 Å². The molecule has 2 N–H and O–H groups in total. The van der Waals surface area contributed by atoms with Crippen LogP contribution in [0.25, 0.3) is 0 Å². The van der Waals surface area contributed by atoms with Gasteiger partial charge in [-0.1, -0.05) is 73.5 Å². The van der Waals surface area contributed by atoms with Crippen LogP contribution in [0.5, 0.6) is 0 Å². The van der Waals surface area contributed by atoms with Crippen molar-refractivity contribution < 1.29 is 19.4 Å². The number of carbonyl (C=O) groups is 2. The molecule has 7 heteroatoms. The van der Waals surface area contributed by atoms with Crippen LogP contribution < -0.4 is 5.32 Å². The SMILES string of the molecule is COCCN(Cc1ccc(C2CCCCC2C(=O)NC(CO)c2ccccc2)cc1)C(=O)c1cccs1. The lowest BCUT2D eigenvalue weighted by Gasteiger charge is -2.32. The first-order valence-electron chi connectivity index (χ1n) is 13.0. The first kappa shape index (κ1) is 27.0. The Morgan fingerprint density at radius 3 is 2.49 bits per heavy atom. The number of ether oxygens (including phenoxy) is 1. The van der Waals surface area contributed by atoms with E-state index in [9.17, 15) is 14.7 Å². The zero-order valence-corrected chi connectivity index (χ0v) is 22.2. The Morgan fingerprint density at radius 1 is 1.05 bits per heavy atom. The molecule has 2 amide bonds. The maximum atomic E-state index is 13.3. The normalized spacial score (nSPS) is 18.2. The van der Waals surface area contributed by atoms with Crippen LogP contribution in [0.3, 0.4) is 0 Å². The maximum absolute atomic E-state index is 13.3. The molecule has 0 saturated heterocycles. The van der Waals surface area contributed by atoms with Gasteiger partial charge in [-0.3, -0.25) is 9.59 Å². The summed E-state index contributed by atoms with van der Waals surface area (Å²) >= 11 is 1.45. The lowest BCUT2D eigenvalue weighted by molar-refractivity contribution is -0.127. The average molecular weight is 521 g/mol. The molecule has 1 heterocycles. The molecule has 4 rings (SSSR count). The van der Waals surface area contributed by atoms with Gasteiger partial charge in [0.2, 0.25) is 5.91 Å². The highest BCUT2D eigenvalue weighted by Gasteiger charge is 2.33. The summed E-state index contributed by atoms with van der Waals surface area (Å²) in [6, 6.07) is 21.3. The fraction of sp³-hybridized carbons (Fsp3) is 0.400. The first-order valence-corrected chi connectivity index (χ1v) is 13.9. The van der Waals surface area contributed by atoms with Gasteiger partial charge in [-0.2, -0.15) is 0 Å². The van der Waals surface area contributed by atoms with Gasteiger partial charge in [0.1, 0.15) is 0 Å². The van der Waals surface area contributed by atoms with Crippen LogP contribution in [-0.4, -0.2) is 48.7 Å². The second kappa shape index (κ2) is 13.5. The van der Waals surface area contributed by atoms with Gasteiger partial charge in [0.25, 0.3) is 5.91 Å². The molecule has 1 aliphatic carbocycles. The van der Waals surface area contributed by atoms with Crippen molar-refractivity contribution in [2.24, 2.45) is 5.92 Å². The molecule has 0 radical (unpaired) electrons. The second-order valence-corrected chi connectivity index (χ2v) is 10.5. The molecule has 0 spiro atoms. The molecule has 1 aromatic heterocycles. The lowest BCUT2D eigenvalue weighted by Crippen LogP contribution is -2.39. The predicted octanol–water partition coefficient (Wildman–Crippen LogP) is 5.16. The van der Waals surface area contributed by atoms with Crippen molar-refractivity contribution in [1.29, 1.82) is 0 Å². The van der Waals surface area contributed by atoms with E-state index in [1.807, 2.05) is 52.7 Å². The molecule has 1 saturated carbocycles. The lowest BCUT2D eigenvalue weighted by atomic mass is 9.74. The number of carbonyl (C=O) groups excluding carboxylic acids is 2. The minimum absolute atomic E-state index is 0.00367. The summed E-state index contributed by atoms with van der Waals surface area (Å²) in [6.45, 7) is 1.37. The number of amides is 2. The highest BCUT2D eigenvalue weighted by molar-refractivity contribution is 7.12. The van der Waals surface area contributed by atoms with Crippen LogP contribution in [0.1, 0.15) is 64.0 Å². The maximum Gasteiger partial charge on any atom is 0.264 e. The van der Waals surface area contributed by atoms with Gasteiger partial charge >= 0.3 is 0 Å². The smallest absolute Gasteiger partial charge is 0.264 e. The molecule has 6 nitrogen and oxygen atoms in total. The third kappa shape index (κ3) is 7.06. The van der Waals surface area contributed by atoms with Gasteiger partial charge in [0, 0.05) is 26.1 Å². The van der Waals surface area contributed by atoms with E-state index in [1.54, 1.807) is 7.11 Å². The number of aliphatic hydroxyl groups excluding tert-OH is 1. The first-order chi connectivity index (χ1) is 18.1. The Labute approximate surface area is 223 Å². The minimum atomic E-state index is -0.405. The van der Waals surface area contributed by atoms with Gasteiger partial charge in [-0.15, -0.1) is 11.3 Å². The Hall–Kier alpha value is -3.00. The van der Waals surface area contributed by atoms with Crippen molar-refractivity contribution in [3.8, 4) is 0 Å². The van der Waals surface area contributed by atoms with Crippen LogP contribution in [0.15, 0.2) is 72.1 Å². The quantitative estimate of drug-likeness (QED) is 0.366. The summed E-state index contributed by atoms with van der Waals surface area (Å²) in [5.74, 6) is 0.0205. The van der Waals surface area contributed by atoms with Gasteiger partial charge in [0.05, 0.1) is 24.1 Å². The summed E-state index contributed by atoms with van der Waals surface area (Å²) in [6.07, 6.45) is 3.92. The van der Waals surface area contributed by atoms with Crippen molar-refractivity contribution in [2.45, 2.75) is 44.2 Å². The summed E-state index contributed by atoms with van der Waals surface area (Å²) in [7, 11) is 1.64. The summed E-state index contributed by atoms with van der Waals surface area (Å²) in [5.41, 5.74) is 3.10. The van der Waals surface area contributed by atoms with E-state index < -0.39 is 6.04 Å². The van der Waals surface area contributed by atoms with E-state index in [-0.39, 0.29) is 30.3 Å². The van der Waals surface area contributed by atoms with Crippen LogP contribution in [0.4, 0.5) is 0 Å². The van der Waals surface area contributed by atoms with Gasteiger partial charge in [-0.05, 0) is 46.9 Å². The topological polar surface area (TPSA) is 78.9 Å². The van der Waals surface area contributed by atoms with E-state index >= 15 is 0 Å². The summed E-state index contributed by atoms with van der Waals surface area (Å²) in [4.78, 5) is 28.9. The molecule has 1 aliphatic rings. The van der Waals surface area contributed by atoms with Crippen LogP contribution in [0.2, 0.25) is 0 Å². The number of methoxy groups -OCH3 is 1. The molecule has 1 fully saturated rings. The Balaban J connectivity index is 1.45. The number of hydrogen-bond donors (Lipinski definition) is 2. The third-order valence-corrected chi connectivity index (χ3v) is 8.03. The second-order valence-electron chi connectivity index (χ2n) is 9.59. The van der Waals surface area contributed by atoms with E-state index in [4.69, 9.17) is 4.74 Å². The van der Waals surface area contributed by atoms with Crippen LogP contribution in [0, 0.1) is 5.92 Å². The summed E-state index contributed by atoms with van der Waals surface area (Å²) in [5, 5.41) is 14.9. The van der Waals surface area contributed by atoms with Gasteiger partial charge in [0.15, 0.2) is 0 Å². The number of aliphatic hydroxyl groups is 1. The highest BCUT2D eigenvalue weighted by Crippen LogP contribution is 2.38. The van der Waals surface area contributed by atoms with Crippen molar-refractivity contribution in [2.75, 3.05) is 26.9 Å².